The van der Waals surface area contributed by atoms with Crippen molar-refractivity contribution in [3.05, 3.63) is 53.6 Å². The number of ketones is 1. The van der Waals surface area contributed by atoms with E-state index < -0.39 is 11.5 Å². The smallest absolute Gasteiger partial charge is 0.315 e. The lowest BCUT2D eigenvalue weighted by atomic mass is 9.81. The molecule has 0 spiro atoms. The van der Waals surface area contributed by atoms with Gasteiger partial charge in [0.15, 0.2) is 5.78 Å². The van der Waals surface area contributed by atoms with Crippen LogP contribution in [-0.4, -0.2) is 30.5 Å². The molecule has 0 aromatic heterocycles. The number of benzene rings is 2. The molecule has 154 valence electrons. The van der Waals surface area contributed by atoms with Gasteiger partial charge in [0.25, 0.3) is 0 Å². The van der Waals surface area contributed by atoms with E-state index in [1.165, 1.54) is 0 Å². The van der Waals surface area contributed by atoms with E-state index in [1.54, 1.807) is 0 Å². The molecule has 2 aromatic carbocycles. The normalized spacial score (nSPS) is 18.2. The molecule has 2 aliphatic heterocycles. The first kappa shape index (κ1) is 20.3. The highest BCUT2D eigenvalue weighted by molar-refractivity contribution is 5.88. The molecule has 0 radical (unpaired) electrons. The molecule has 6 heteroatoms. The summed E-state index contributed by atoms with van der Waals surface area (Å²) >= 11 is 0. The van der Waals surface area contributed by atoms with E-state index in [0.29, 0.717) is 44.6 Å². The number of fused-ring (bicyclic) bond motifs is 1. The fourth-order valence-electron chi connectivity index (χ4n) is 4.03. The third kappa shape index (κ3) is 4.28. The van der Waals surface area contributed by atoms with Gasteiger partial charge in [-0.05, 0) is 48.1 Å². The van der Waals surface area contributed by atoms with E-state index in [1.807, 2.05) is 42.5 Å². The van der Waals surface area contributed by atoms with Gasteiger partial charge >= 0.3 is 5.97 Å². The monoisotopic (exact) mass is 404 g/mol. The van der Waals surface area contributed by atoms with Crippen LogP contribution in [0, 0.1) is 17.2 Å². The lowest BCUT2D eigenvalue weighted by Gasteiger charge is -2.32. The van der Waals surface area contributed by atoms with E-state index in [2.05, 4.69) is 6.07 Å². The van der Waals surface area contributed by atoms with Crippen LogP contribution in [0.5, 0.6) is 5.75 Å². The first-order valence-corrected chi connectivity index (χ1v) is 10.2. The topological polar surface area (TPSA) is 102 Å². The van der Waals surface area contributed by atoms with Crippen LogP contribution in [0.25, 0.3) is 11.1 Å². The van der Waals surface area contributed by atoms with Gasteiger partial charge in [0.05, 0.1) is 23.9 Å². The molecular weight excluding hydrogens is 380 g/mol. The summed E-state index contributed by atoms with van der Waals surface area (Å²) in [7, 11) is 0. The van der Waals surface area contributed by atoms with Gasteiger partial charge in [0.2, 0.25) is 0 Å². The predicted molar refractivity (Wildman–Crippen MR) is 111 cm³/mol. The van der Waals surface area contributed by atoms with Gasteiger partial charge in [0, 0.05) is 25.2 Å². The fourth-order valence-corrected chi connectivity index (χ4v) is 4.03. The summed E-state index contributed by atoms with van der Waals surface area (Å²) in [5, 5.41) is 9.56. The van der Waals surface area contributed by atoms with Gasteiger partial charge in [-0.3, -0.25) is 9.59 Å². The average molecular weight is 404 g/mol. The number of ether oxygens (including phenoxy) is 2. The second-order valence-electron chi connectivity index (χ2n) is 8.10. The number of rotatable bonds is 6. The van der Waals surface area contributed by atoms with Crippen LogP contribution in [0.1, 0.15) is 30.4 Å². The van der Waals surface area contributed by atoms with E-state index in [4.69, 9.17) is 15.2 Å². The molecule has 1 atom stereocenters. The Morgan fingerprint density at radius 1 is 1.13 bits per heavy atom. The Morgan fingerprint density at radius 2 is 1.83 bits per heavy atom. The maximum atomic E-state index is 12.7. The number of carbonyl (C=O) groups excluding carboxylic acids is 2. The van der Waals surface area contributed by atoms with E-state index >= 15 is 0 Å². The second kappa shape index (κ2) is 8.39. The van der Waals surface area contributed by atoms with Gasteiger partial charge in [-0.25, -0.2) is 0 Å². The van der Waals surface area contributed by atoms with Crippen LogP contribution in [0.15, 0.2) is 42.5 Å². The molecule has 2 heterocycles. The average Bonchev–Trinajstić information content (AvgIpc) is 3.13. The summed E-state index contributed by atoms with van der Waals surface area (Å²) in [5.74, 6) is -0.0580. The minimum absolute atomic E-state index is 0.0520. The Bertz CT molecular complexity index is 1000. The summed E-state index contributed by atoms with van der Waals surface area (Å²) < 4.78 is 10.4. The second-order valence-corrected chi connectivity index (χ2v) is 8.10. The minimum atomic E-state index is -0.865. The fraction of sp³-hybridized carbons (Fsp3) is 0.375. The summed E-state index contributed by atoms with van der Waals surface area (Å²) in [6.07, 6.45) is 1.98. The quantitative estimate of drug-likeness (QED) is 0.587. The summed E-state index contributed by atoms with van der Waals surface area (Å²) in [4.78, 5) is 24.1. The standard InChI is InChI=1S/C24H24N2O4/c25-15-17(12-22(27)24(26)7-9-29-10-8-24)11-16-1-3-18(4-2-16)19-5-6-21-20(13-19)14-23(28)30-21/h1-6,13,17H,7-12,14,26H2/t17-/m1/s1. The molecule has 2 aliphatic rings. The van der Waals surface area contributed by atoms with Gasteiger partial charge in [-0.15, -0.1) is 0 Å². The highest BCUT2D eigenvalue weighted by Gasteiger charge is 2.36. The van der Waals surface area contributed by atoms with Crippen molar-refractivity contribution in [2.75, 3.05) is 13.2 Å². The molecule has 0 amide bonds. The van der Waals surface area contributed by atoms with Crippen molar-refractivity contribution in [2.24, 2.45) is 11.7 Å². The number of carbonyl (C=O) groups is 2. The molecular formula is C24H24N2O4. The predicted octanol–water partition coefficient (Wildman–Crippen LogP) is 2.96. The largest absolute Gasteiger partial charge is 0.426 e. The lowest BCUT2D eigenvalue weighted by Crippen LogP contribution is -2.52. The number of Topliss-reactive ketones (excluding diaryl/α,β-unsaturated/α-hetero) is 1. The molecule has 30 heavy (non-hydrogen) atoms. The first-order valence-electron chi connectivity index (χ1n) is 10.2. The van der Waals surface area contributed by atoms with Crippen LogP contribution in [-0.2, 0) is 27.2 Å². The zero-order chi connectivity index (χ0) is 21.1. The Labute approximate surface area is 175 Å². The van der Waals surface area contributed by atoms with Crippen LogP contribution < -0.4 is 10.5 Å². The number of esters is 1. The van der Waals surface area contributed by atoms with Crippen molar-refractivity contribution in [3.8, 4) is 22.9 Å². The third-order valence-corrected chi connectivity index (χ3v) is 5.94. The van der Waals surface area contributed by atoms with Crippen LogP contribution in [0.2, 0.25) is 0 Å². The molecule has 6 nitrogen and oxygen atoms in total. The van der Waals surface area contributed by atoms with Gasteiger partial charge in [-0.2, -0.15) is 5.26 Å². The minimum Gasteiger partial charge on any atom is -0.426 e. The number of nitrogens with zero attached hydrogens (tertiary/aromatic N) is 1. The molecule has 0 saturated carbocycles. The number of nitriles is 1. The molecule has 0 aliphatic carbocycles. The van der Waals surface area contributed by atoms with E-state index in [0.717, 1.165) is 22.3 Å². The zero-order valence-electron chi connectivity index (χ0n) is 16.7. The highest BCUT2D eigenvalue weighted by Crippen LogP contribution is 2.31. The van der Waals surface area contributed by atoms with Crippen molar-refractivity contribution in [3.63, 3.8) is 0 Å². The Hall–Kier alpha value is -3.01. The molecule has 1 saturated heterocycles. The highest BCUT2D eigenvalue weighted by atomic mass is 16.5. The Balaban J connectivity index is 1.41. The third-order valence-electron chi connectivity index (χ3n) is 5.94. The van der Waals surface area contributed by atoms with E-state index in [-0.39, 0.29) is 18.2 Å². The van der Waals surface area contributed by atoms with Crippen LogP contribution >= 0.6 is 0 Å². The Kier molecular flexibility index (Phi) is 5.67. The summed E-state index contributed by atoms with van der Waals surface area (Å²) in [6, 6.07) is 15.9. The number of hydrogen-bond acceptors (Lipinski definition) is 6. The van der Waals surface area contributed by atoms with Crippen molar-refractivity contribution in [1.82, 2.24) is 0 Å². The van der Waals surface area contributed by atoms with E-state index in [9.17, 15) is 14.9 Å². The van der Waals surface area contributed by atoms with Crippen molar-refractivity contribution < 1.29 is 19.1 Å². The SMILES string of the molecule is N#C[C@@H](CC(=O)C1(N)CCOCC1)Cc1ccc(-c2ccc3c(c2)CC(=O)O3)cc1. The maximum absolute atomic E-state index is 12.7. The van der Waals surface area contributed by atoms with Gasteiger partial charge < -0.3 is 15.2 Å². The first-order chi connectivity index (χ1) is 14.5. The van der Waals surface area contributed by atoms with Crippen molar-refractivity contribution in [1.29, 1.82) is 5.26 Å². The number of hydrogen-bond donors (Lipinski definition) is 1. The van der Waals surface area contributed by atoms with Gasteiger partial charge in [-0.1, -0.05) is 30.3 Å². The van der Waals surface area contributed by atoms with Crippen molar-refractivity contribution >= 4 is 11.8 Å². The molecule has 2 aromatic rings. The molecule has 4 rings (SSSR count). The van der Waals surface area contributed by atoms with Crippen molar-refractivity contribution in [2.45, 2.75) is 37.6 Å². The maximum Gasteiger partial charge on any atom is 0.315 e. The molecule has 1 fully saturated rings. The lowest BCUT2D eigenvalue weighted by molar-refractivity contribution is -0.132. The molecule has 2 N–H and O–H groups in total. The van der Waals surface area contributed by atoms with Crippen LogP contribution in [0.4, 0.5) is 0 Å². The van der Waals surface area contributed by atoms with Crippen LogP contribution in [0.3, 0.4) is 0 Å². The number of nitrogens with two attached hydrogens (primary N) is 1. The summed E-state index contributed by atoms with van der Waals surface area (Å²) in [6.45, 7) is 0.980. The zero-order valence-corrected chi connectivity index (χ0v) is 16.7. The Morgan fingerprint density at radius 3 is 2.53 bits per heavy atom. The van der Waals surface area contributed by atoms with Gasteiger partial charge in [0.1, 0.15) is 5.75 Å². The molecule has 0 unspecified atom stereocenters. The summed E-state index contributed by atoms with van der Waals surface area (Å²) in [5.41, 5.74) is 9.32. The molecule has 0 bridgehead atoms.